The Labute approximate surface area is 368 Å². The molecule has 12 aromatic rings. The molecule has 0 unspecified atom stereocenters. The van der Waals surface area contributed by atoms with Crippen molar-refractivity contribution in [3.63, 3.8) is 0 Å². The quantitative estimate of drug-likeness (QED) is 0.153. The van der Waals surface area contributed by atoms with Crippen molar-refractivity contribution >= 4 is 54.3 Å². The lowest BCUT2D eigenvalue weighted by atomic mass is 9.83. The van der Waals surface area contributed by atoms with Crippen molar-refractivity contribution in [1.29, 1.82) is 0 Å². The molecule has 0 amide bonds. The van der Waals surface area contributed by atoms with E-state index in [9.17, 15) is 0 Å². The summed E-state index contributed by atoms with van der Waals surface area (Å²) in [6.07, 6.45) is 0. The Morgan fingerprint density at radius 3 is 1.25 bits per heavy atom. The summed E-state index contributed by atoms with van der Waals surface area (Å²) in [5, 5.41) is 9.71. The number of rotatable bonds is 6. The molecule has 1 nitrogen and oxygen atoms in total. The summed E-state index contributed by atoms with van der Waals surface area (Å²) < 4.78 is 6.16. The Balaban J connectivity index is 0.00000219. The van der Waals surface area contributed by atoms with Gasteiger partial charge >= 0.3 is 0 Å². The molecule has 0 aliphatic rings. The maximum Gasteiger partial charge on any atom is 0.135 e. The van der Waals surface area contributed by atoms with E-state index >= 15 is 0 Å². The van der Waals surface area contributed by atoms with Gasteiger partial charge in [-0.05, 0) is 129 Å². The lowest BCUT2D eigenvalue weighted by Gasteiger charge is -2.20. The predicted octanol–water partition coefficient (Wildman–Crippen LogP) is 18.1. The van der Waals surface area contributed by atoms with Crippen LogP contribution in [0.25, 0.3) is 121 Å². The van der Waals surface area contributed by atoms with Crippen molar-refractivity contribution in [2.24, 2.45) is 0 Å². The van der Waals surface area contributed by atoms with Gasteiger partial charge in [0.05, 0.1) is 0 Å². The minimum atomic E-state index is 0.909. The molecular weight excluding hydrogens is 761 g/mol. The van der Waals surface area contributed by atoms with Gasteiger partial charge in [-0.3, -0.25) is 0 Å². The maximum absolute atomic E-state index is 6.16. The van der Waals surface area contributed by atoms with Gasteiger partial charge in [0, 0.05) is 10.8 Å². The minimum absolute atomic E-state index is 0.909. The average molecular weight is 805 g/mol. The van der Waals surface area contributed by atoms with E-state index in [2.05, 4.69) is 218 Å². The smallest absolute Gasteiger partial charge is 0.135 e. The van der Waals surface area contributed by atoms with Crippen LogP contribution in [0.4, 0.5) is 0 Å². The molecular formula is C62H44O. The van der Waals surface area contributed by atoms with E-state index in [0.717, 1.165) is 21.9 Å². The Morgan fingerprint density at radius 2 is 0.651 bits per heavy atom. The first-order valence-corrected chi connectivity index (χ1v) is 22.0. The standard InChI is InChI=1S/C60H38O.C2H6/c1-3-12-39(13-4-1)46-31-34-53-55(37-46)59(44-26-22-41(23-27-44)48-32-35-58-54(36-48)51-19-9-10-21-57(51)61-58)52-33-30-47(40-14-5-2-6-15-40)38-56(52)60(53)45-28-24-43(25-29-45)50-20-11-17-42-16-7-8-18-49(42)50;1-2/h1-38H;1-2H3. The van der Waals surface area contributed by atoms with Gasteiger partial charge in [0.2, 0.25) is 0 Å². The molecule has 298 valence electrons. The zero-order valence-corrected chi connectivity index (χ0v) is 35.3. The Morgan fingerprint density at radius 1 is 0.238 bits per heavy atom. The van der Waals surface area contributed by atoms with Crippen LogP contribution in [0, 0.1) is 0 Å². The molecule has 0 saturated heterocycles. The molecule has 0 fully saturated rings. The minimum Gasteiger partial charge on any atom is -0.456 e. The third-order valence-corrected chi connectivity index (χ3v) is 12.5. The van der Waals surface area contributed by atoms with Gasteiger partial charge in [-0.25, -0.2) is 0 Å². The fourth-order valence-electron chi connectivity index (χ4n) is 9.50. The first kappa shape index (κ1) is 38.0. The number of benzene rings is 11. The van der Waals surface area contributed by atoms with Crippen LogP contribution in [0.3, 0.4) is 0 Å². The van der Waals surface area contributed by atoms with E-state index in [1.54, 1.807) is 0 Å². The second-order valence-corrected chi connectivity index (χ2v) is 16.0. The highest BCUT2D eigenvalue weighted by Gasteiger charge is 2.19. The number of fused-ring (bicyclic) bond motifs is 6. The summed E-state index contributed by atoms with van der Waals surface area (Å²) in [7, 11) is 0. The molecule has 0 saturated carbocycles. The van der Waals surface area contributed by atoms with Crippen LogP contribution >= 0.6 is 0 Å². The van der Waals surface area contributed by atoms with Crippen molar-refractivity contribution in [1.82, 2.24) is 0 Å². The van der Waals surface area contributed by atoms with Crippen LogP contribution in [-0.2, 0) is 0 Å². The largest absolute Gasteiger partial charge is 0.456 e. The molecule has 0 aliphatic carbocycles. The molecule has 12 rings (SSSR count). The van der Waals surface area contributed by atoms with Crippen LogP contribution in [0.2, 0.25) is 0 Å². The highest BCUT2D eigenvalue weighted by Crippen LogP contribution is 2.47. The fourth-order valence-corrected chi connectivity index (χ4v) is 9.50. The van der Waals surface area contributed by atoms with Crippen molar-refractivity contribution in [2.75, 3.05) is 0 Å². The van der Waals surface area contributed by atoms with Gasteiger partial charge in [0.25, 0.3) is 0 Å². The maximum atomic E-state index is 6.16. The van der Waals surface area contributed by atoms with Crippen LogP contribution in [0.15, 0.2) is 235 Å². The van der Waals surface area contributed by atoms with E-state index in [4.69, 9.17) is 4.42 Å². The summed E-state index contributed by atoms with van der Waals surface area (Å²) in [6, 6.07) is 84.0. The van der Waals surface area contributed by atoms with Crippen LogP contribution in [0.5, 0.6) is 0 Å². The number of para-hydroxylation sites is 1. The summed E-state index contributed by atoms with van der Waals surface area (Å²) in [5.41, 5.74) is 16.3. The van der Waals surface area contributed by atoms with E-state index < -0.39 is 0 Å². The van der Waals surface area contributed by atoms with E-state index in [0.29, 0.717) is 0 Å². The van der Waals surface area contributed by atoms with Crippen molar-refractivity contribution in [3.05, 3.63) is 231 Å². The van der Waals surface area contributed by atoms with Crippen molar-refractivity contribution < 1.29 is 4.42 Å². The summed E-state index contributed by atoms with van der Waals surface area (Å²) in [6.45, 7) is 4.00. The first-order valence-electron chi connectivity index (χ1n) is 22.0. The zero-order chi connectivity index (χ0) is 42.3. The van der Waals surface area contributed by atoms with Gasteiger partial charge in [-0.2, -0.15) is 0 Å². The zero-order valence-electron chi connectivity index (χ0n) is 35.3. The molecule has 63 heavy (non-hydrogen) atoms. The topological polar surface area (TPSA) is 13.1 Å². The molecule has 0 spiro atoms. The van der Waals surface area contributed by atoms with Gasteiger partial charge in [-0.1, -0.05) is 214 Å². The number of hydrogen-bond acceptors (Lipinski definition) is 1. The molecule has 0 radical (unpaired) electrons. The van der Waals surface area contributed by atoms with Crippen molar-refractivity contribution in [3.8, 4) is 66.8 Å². The Hall–Kier alpha value is -8.00. The van der Waals surface area contributed by atoms with E-state index in [1.165, 1.54) is 99.1 Å². The molecule has 1 aromatic heterocycles. The van der Waals surface area contributed by atoms with Gasteiger partial charge < -0.3 is 4.42 Å². The van der Waals surface area contributed by atoms with Crippen LogP contribution in [0.1, 0.15) is 13.8 Å². The second kappa shape index (κ2) is 16.1. The average Bonchev–Trinajstić information content (AvgIpc) is 3.74. The van der Waals surface area contributed by atoms with Gasteiger partial charge in [0.1, 0.15) is 11.2 Å². The summed E-state index contributed by atoms with van der Waals surface area (Å²) in [4.78, 5) is 0. The summed E-state index contributed by atoms with van der Waals surface area (Å²) in [5.74, 6) is 0. The SMILES string of the molecule is CC.c1ccc(-c2ccc3c(-c4ccc(-c5cccc6ccccc56)cc4)c4cc(-c5ccccc5)ccc4c(-c4ccc(-c5ccc6oc7ccccc7c6c5)cc4)c3c2)cc1. The van der Waals surface area contributed by atoms with Gasteiger partial charge in [0.15, 0.2) is 0 Å². The number of hydrogen-bond donors (Lipinski definition) is 0. The van der Waals surface area contributed by atoms with E-state index in [-0.39, 0.29) is 0 Å². The first-order chi connectivity index (χ1) is 31.2. The molecule has 0 atom stereocenters. The van der Waals surface area contributed by atoms with Crippen LogP contribution in [-0.4, -0.2) is 0 Å². The lowest BCUT2D eigenvalue weighted by Crippen LogP contribution is -1.93. The third kappa shape index (κ3) is 6.76. The second-order valence-electron chi connectivity index (χ2n) is 16.0. The molecule has 0 N–H and O–H groups in total. The predicted molar refractivity (Wildman–Crippen MR) is 270 cm³/mol. The Kier molecular flexibility index (Phi) is 9.71. The highest BCUT2D eigenvalue weighted by atomic mass is 16.3. The monoisotopic (exact) mass is 804 g/mol. The lowest BCUT2D eigenvalue weighted by molar-refractivity contribution is 0.669. The molecule has 1 heterocycles. The third-order valence-electron chi connectivity index (χ3n) is 12.5. The molecule has 0 bridgehead atoms. The van der Waals surface area contributed by atoms with Crippen molar-refractivity contribution in [2.45, 2.75) is 13.8 Å². The summed E-state index contributed by atoms with van der Waals surface area (Å²) >= 11 is 0. The normalized spacial score (nSPS) is 11.3. The molecule has 0 aliphatic heterocycles. The van der Waals surface area contributed by atoms with Gasteiger partial charge in [-0.15, -0.1) is 0 Å². The molecule has 11 aromatic carbocycles. The fraction of sp³-hybridized carbons (Fsp3) is 0.0323. The highest BCUT2D eigenvalue weighted by molar-refractivity contribution is 6.22. The van der Waals surface area contributed by atoms with Crippen LogP contribution < -0.4 is 0 Å². The van der Waals surface area contributed by atoms with E-state index in [1.807, 2.05) is 26.0 Å². The Bertz CT molecular complexity index is 3590. The number of furan rings is 1. The molecule has 1 heteroatoms.